The Morgan fingerprint density at radius 2 is 1.67 bits per heavy atom. The summed E-state index contributed by atoms with van der Waals surface area (Å²) in [6.07, 6.45) is 1.22. The van der Waals surface area contributed by atoms with E-state index in [4.69, 9.17) is 4.74 Å². The first-order valence-electron chi connectivity index (χ1n) is 9.45. The van der Waals surface area contributed by atoms with E-state index in [-0.39, 0.29) is 18.8 Å². The normalized spacial score (nSPS) is 11.9. The molecule has 4 aromatic rings. The highest BCUT2D eigenvalue weighted by molar-refractivity contribution is 5.90. The van der Waals surface area contributed by atoms with E-state index in [1.807, 2.05) is 35.0 Å². The number of rotatable bonds is 6. The van der Waals surface area contributed by atoms with Crippen LogP contribution in [0.2, 0.25) is 0 Å². The van der Waals surface area contributed by atoms with Gasteiger partial charge in [0.25, 0.3) is 0 Å². The van der Waals surface area contributed by atoms with Gasteiger partial charge in [-0.15, -0.1) is 0 Å². The van der Waals surface area contributed by atoms with Crippen LogP contribution in [0.3, 0.4) is 0 Å². The standard InChI is InChI=1S/C24H19FN2O3/c25-18-4-8-21(9-5-18)30-22-10-6-19(7-11-22)27-14-17(12-20(29)15-28)24-16(13-26)2-1-3-23(24)27/h1-11,14,20,28-29H,12,15H2/t20-/m0/s1. The average Bonchev–Trinajstić information content (AvgIpc) is 3.14. The third kappa shape index (κ3) is 3.90. The molecular weight excluding hydrogens is 383 g/mol. The molecule has 1 heterocycles. The Morgan fingerprint density at radius 1 is 1.00 bits per heavy atom. The lowest BCUT2D eigenvalue weighted by molar-refractivity contribution is 0.0957. The summed E-state index contributed by atoms with van der Waals surface area (Å²) in [5, 5.41) is 29.4. The van der Waals surface area contributed by atoms with Gasteiger partial charge in [-0.1, -0.05) is 6.07 Å². The van der Waals surface area contributed by atoms with Gasteiger partial charge in [-0.05, 0) is 66.2 Å². The predicted octanol–water partition coefficient (Wildman–Crippen LogP) is 4.33. The monoisotopic (exact) mass is 402 g/mol. The second kappa shape index (κ2) is 8.37. The number of hydrogen-bond acceptors (Lipinski definition) is 4. The number of halogens is 1. The molecule has 30 heavy (non-hydrogen) atoms. The summed E-state index contributed by atoms with van der Waals surface area (Å²) in [4.78, 5) is 0. The molecule has 6 heteroatoms. The first-order valence-corrected chi connectivity index (χ1v) is 9.45. The predicted molar refractivity (Wildman–Crippen MR) is 111 cm³/mol. The lowest BCUT2D eigenvalue weighted by Crippen LogP contribution is -2.14. The maximum absolute atomic E-state index is 13.0. The van der Waals surface area contributed by atoms with E-state index in [1.165, 1.54) is 12.1 Å². The van der Waals surface area contributed by atoms with Gasteiger partial charge < -0.3 is 19.5 Å². The Labute approximate surface area is 172 Å². The molecule has 0 aliphatic carbocycles. The van der Waals surface area contributed by atoms with E-state index in [0.29, 0.717) is 17.1 Å². The molecule has 0 bridgehead atoms. The minimum Gasteiger partial charge on any atom is -0.457 e. The number of ether oxygens (including phenoxy) is 1. The lowest BCUT2D eigenvalue weighted by Gasteiger charge is -2.09. The third-order valence-corrected chi connectivity index (χ3v) is 4.86. The topological polar surface area (TPSA) is 78.4 Å². The second-order valence-corrected chi connectivity index (χ2v) is 6.93. The molecule has 1 aromatic heterocycles. The molecule has 0 radical (unpaired) electrons. The van der Waals surface area contributed by atoms with Gasteiger partial charge in [-0.3, -0.25) is 0 Å². The summed E-state index contributed by atoms with van der Waals surface area (Å²) in [6.45, 7) is -0.350. The molecule has 0 unspecified atom stereocenters. The number of hydrogen-bond donors (Lipinski definition) is 2. The van der Waals surface area contributed by atoms with Crippen molar-refractivity contribution in [2.24, 2.45) is 0 Å². The Balaban J connectivity index is 1.70. The molecule has 0 aliphatic heterocycles. The van der Waals surface area contributed by atoms with Crippen LogP contribution in [0.15, 0.2) is 72.9 Å². The SMILES string of the molecule is N#Cc1cccc2c1c(C[C@H](O)CO)cn2-c1ccc(Oc2ccc(F)cc2)cc1. The van der Waals surface area contributed by atoms with Crippen molar-refractivity contribution in [1.29, 1.82) is 5.26 Å². The van der Waals surface area contributed by atoms with Crippen LogP contribution in [0.1, 0.15) is 11.1 Å². The fraction of sp³-hybridized carbons (Fsp3) is 0.125. The van der Waals surface area contributed by atoms with E-state index in [2.05, 4.69) is 6.07 Å². The van der Waals surface area contributed by atoms with Crippen molar-refractivity contribution in [3.05, 3.63) is 89.9 Å². The quantitative estimate of drug-likeness (QED) is 0.503. The highest BCUT2D eigenvalue weighted by atomic mass is 19.1. The number of nitrogens with zero attached hydrogens (tertiary/aromatic N) is 2. The summed E-state index contributed by atoms with van der Waals surface area (Å²) in [6, 6.07) is 20.8. The van der Waals surface area contributed by atoms with Crippen molar-refractivity contribution in [3.8, 4) is 23.3 Å². The molecule has 2 N–H and O–H groups in total. The van der Waals surface area contributed by atoms with Crippen LogP contribution in [0.25, 0.3) is 16.6 Å². The van der Waals surface area contributed by atoms with Crippen molar-refractivity contribution in [1.82, 2.24) is 4.57 Å². The molecule has 3 aromatic carbocycles. The zero-order valence-corrected chi connectivity index (χ0v) is 16.0. The Kier molecular flexibility index (Phi) is 5.48. The van der Waals surface area contributed by atoms with Gasteiger partial charge in [0.2, 0.25) is 0 Å². The Bertz CT molecular complexity index is 1210. The van der Waals surface area contributed by atoms with Crippen LogP contribution < -0.4 is 4.74 Å². The summed E-state index contributed by atoms with van der Waals surface area (Å²) in [5.41, 5.74) is 2.99. The lowest BCUT2D eigenvalue weighted by atomic mass is 10.0. The van der Waals surface area contributed by atoms with Gasteiger partial charge in [0.1, 0.15) is 17.3 Å². The molecule has 0 saturated carbocycles. The molecule has 0 fully saturated rings. The number of benzene rings is 3. The highest BCUT2D eigenvalue weighted by Gasteiger charge is 2.16. The molecule has 0 spiro atoms. The fourth-order valence-corrected chi connectivity index (χ4v) is 3.46. The van der Waals surface area contributed by atoms with Gasteiger partial charge in [0, 0.05) is 23.7 Å². The number of nitriles is 1. The number of aromatic nitrogens is 1. The molecule has 1 atom stereocenters. The minimum absolute atomic E-state index is 0.241. The fourth-order valence-electron chi connectivity index (χ4n) is 3.46. The van der Waals surface area contributed by atoms with Crippen molar-refractivity contribution in [3.63, 3.8) is 0 Å². The first kappa shape index (κ1) is 19.6. The summed E-state index contributed by atoms with van der Waals surface area (Å²) in [5.74, 6) is 0.820. The average molecular weight is 402 g/mol. The summed E-state index contributed by atoms with van der Waals surface area (Å²) < 4.78 is 20.7. The Hall–Kier alpha value is -3.66. The second-order valence-electron chi connectivity index (χ2n) is 6.93. The van der Waals surface area contributed by atoms with Crippen LogP contribution in [-0.4, -0.2) is 27.5 Å². The molecule has 0 saturated heterocycles. The van der Waals surface area contributed by atoms with Crippen LogP contribution >= 0.6 is 0 Å². The zero-order valence-electron chi connectivity index (χ0n) is 16.0. The molecule has 0 aliphatic rings. The van der Waals surface area contributed by atoms with E-state index < -0.39 is 6.10 Å². The molecule has 5 nitrogen and oxygen atoms in total. The third-order valence-electron chi connectivity index (χ3n) is 4.86. The summed E-state index contributed by atoms with van der Waals surface area (Å²) >= 11 is 0. The number of aliphatic hydroxyl groups is 2. The highest BCUT2D eigenvalue weighted by Crippen LogP contribution is 2.30. The van der Waals surface area contributed by atoms with Crippen molar-refractivity contribution in [2.75, 3.05) is 6.61 Å². The van der Waals surface area contributed by atoms with E-state index in [0.717, 1.165) is 22.2 Å². The van der Waals surface area contributed by atoms with Crippen molar-refractivity contribution < 1.29 is 19.3 Å². The van der Waals surface area contributed by atoms with Crippen molar-refractivity contribution >= 4 is 10.9 Å². The first-order chi connectivity index (χ1) is 14.6. The number of aliphatic hydroxyl groups excluding tert-OH is 2. The molecular formula is C24H19FN2O3. The van der Waals surface area contributed by atoms with Crippen molar-refractivity contribution in [2.45, 2.75) is 12.5 Å². The molecule has 0 amide bonds. The van der Waals surface area contributed by atoms with Crippen LogP contribution in [0, 0.1) is 17.1 Å². The number of fused-ring (bicyclic) bond motifs is 1. The largest absolute Gasteiger partial charge is 0.457 e. The smallest absolute Gasteiger partial charge is 0.127 e. The molecule has 4 rings (SSSR count). The summed E-state index contributed by atoms with van der Waals surface area (Å²) in [7, 11) is 0. The van der Waals surface area contributed by atoms with E-state index >= 15 is 0 Å². The Morgan fingerprint density at radius 3 is 2.30 bits per heavy atom. The van der Waals surface area contributed by atoms with E-state index in [9.17, 15) is 19.9 Å². The van der Waals surface area contributed by atoms with Gasteiger partial charge in [0.15, 0.2) is 0 Å². The minimum atomic E-state index is -0.901. The maximum Gasteiger partial charge on any atom is 0.127 e. The van der Waals surface area contributed by atoms with Crippen LogP contribution in [0.5, 0.6) is 11.5 Å². The molecule has 150 valence electrons. The van der Waals surface area contributed by atoms with E-state index in [1.54, 1.807) is 30.3 Å². The van der Waals surface area contributed by atoms with Gasteiger partial charge >= 0.3 is 0 Å². The van der Waals surface area contributed by atoms with Gasteiger partial charge in [-0.25, -0.2) is 4.39 Å². The maximum atomic E-state index is 13.0. The van der Waals surface area contributed by atoms with Gasteiger partial charge in [0.05, 0.1) is 29.9 Å². The van der Waals surface area contributed by atoms with Crippen LogP contribution in [0.4, 0.5) is 4.39 Å². The van der Waals surface area contributed by atoms with Gasteiger partial charge in [-0.2, -0.15) is 5.26 Å². The van der Waals surface area contributed by atoms with Crippen LogP contribution in [-0.2, 0) is 6.42 Å². The zero-order chi connectivity index (χ0) is 21.1.